The molecule has 5 nitrogen and oxygen atoms in total. The summed E-state index contributed by atoms with van der Waals surface area (Å²) in [5.74, 6) is 0.530. The fraction of sp³-hybridized carbons (Fsp3) is 0.235. The van der Waals surface area contributed by atoms with Crippen molar-refractivity contribution in [2.45, 2.75) is 19.6 Å². The number of fused-ring (bicyclic) bond motifs is 1. The van der Waals surface area contributed by atoms with Crippen LogP contribution in [0.3, 0.4) is 0 Å². The van der Waals surface area contributed by atoms with E-state index < -0.39 is 13.2 Å². The van der Waals surface area contributed by atoms with Crippen LogP contribution in [0.1, 0.15) is 29.7 Å². The number of ketones is 1. The van der Waals surface area contributed by atoms with Crippen molar-refractivity contribution in [1.29, 1.82) is 0 Å². The average molecular weight is 312 g/mol. The van der Waals surface area contributed by atoms with Crippen LogP contribution in [-0.2, 0) is 16.1 Å². The van der Waals surface area contributed by atoms with Crippen LogP contribution in [-0.4, -0.2) is 29.6 Å². The van der Waals surface area contributed by atoms with E-state index in [1.165, 1.54) is 6.92 Å². The van der Waals surface area contributed by atoms with Crippen LogP contribution in [0.5, 0.6) is 5.75 Å². The van der Waals surface area contributed by atoms with E-state index in [0.29, 0.717) is 28.9 Å². The molecule has 23 heavy (non-hydrogen) atoms. The van der Waals surface area contributed by atoms with Crippen LogP contribution in [0.15, 0.2) is 42.5 Å². The minimum atomic E-state index is -0.931. The molecule has 2 aromatic rings. The zero-order chi connectivity index (χ0) is 16.4. The Bertz CT molecular complexity index is 713. The summed E-state index contributed by atoms with van der Waals surface area (Å²) in [5.41, 5.74) is 3.02. The molecule has 1 aliphatic rings. The molecule has 118 valence electrons. The molecule has 2 aromatic carbocycles. The molecule has 1 aliphatic heterocycles. The summed E-state index contributed by atoms with van der Waals surface area (Å²) in [4.78, 5) is 10.9. The van der Waals surface area contributed by atoms with E-state index in [4.69, 9.17) is 9.39 Å². The van der Waals surface area contributed by atoms with Crippen molar-refractivity contribution in [2.24, 2.45) is 0 Å². The lowest BCUT2D eigenvalue weighted by Gasteiger charge is -2.13. The van der Waals surface area contributed by atoms with Crippen molar-refractivity contribution in [3.05, 3.63) is 59.2 Å². The summed E-state index contributed by atoms with van der Waals surface area (Å²) in [6.07, 6.45) is -0.810. The number of hydrogen-bond donors (Lipinski definition) is 2. The van der Waals surface area contributed by atoms with Crippen LogP contribution in [0, 0.1) is 0 Å². The molecule has 2 N–H and O–H groups in total. The maximum atomic E-state index is 10.9. The van der Waals surface area contributed by atoms with Gasteiger partial charge in [-0.1, -0.05) is 30.3 Å². The van der Waals surface area contributed by atoms with Crippen LogP contribution in [0.25, 0.3) is 0 Å². The van der Waals surface area contributed by atoms with Gasteiger partial charge < -0.3 is 19.5 Å². The highest BCUT2D eigenvalue weighted by Crippen LogP contribution is 2.25. The fourth-order valence-corrected chi connectivity index (χ4v) is 2.53. The number of aliphatic hydroxyl groups is 1. The summed E-state index contributed by atoms with van der Waals surface area (Å²) in [6.45, 7) is 1.88. The van der Waals surface area contributed by atoms with Crippen LogP contribution >= 0.6 is 0 Å². The Labute approximate surface area is 134 Å². The van der Waals surface area contributed by atoms with E-state index in [1.54, 1.807) is 30.3 Å². The Morgan fingerprint density at radius 1 is 1.26 bits per heavy atom. The minimum absolute atomic E-state index is 0.0324. The standard InChI is InChI=1S/C17H17BO5/c1-11(19)9-22-15-6-4-12(5-7-15)17(20)13-2-3-14-10-23-18(21)16(14)8-13/h2-8,17,20-21H,9-10H2,1H3. The van der Waals surface area contributed by atoms with Gasteiger partial charge in [0.1, 0.15) is 18.5 Å². The van der Waals surface area contributed by atoms with Crippen LogP contribution < -0.4 is 10.2 Å². The predicted molar refractivity (Wildman–Crippen MR) is 85.5 cm³/mol. The highest BCUT2D eigenvalue weighted by Gasteiger charge is 2.28. The number of hydrogen-bond acceptors (Lipinski definition) is 5. The largest absolute Gasteiger partial charge is 0.491 e. The highest BCUT2D eigenvalue weighted by molar-refractivity contribution is 6.61. The van der Waals surface area contributed by atoms with Crippen molar-refractivity contribution < 1.29 is 24.3 Å². The van der Waals surface area contributed by atoms with E-state index in [2.05, 4.69) is 0 Å². The lowest BCUT2D eigenvalue weighted by atomic mass is 9.78. The summed E-state index contributed by atoms with van der Waals surface area (Å²) in [6, 6.07) is 12.4. The second-order valence-corrected chi connectivity index (χ2v) is 5.58. The molecule has 0 saturated heterocycles. The first-order valence-electron chi connectivity index (χ1n) is 7.37. The van der Waals surface area contributed by atoms with Gasteiger partial charge in [-0.15, -0.1) is 0 Å². The van der Waals surface area contributed by atoms with E-state index in [-0.39, 0.29) is 12.4 Å². The van der Waals surface area contributed by atoms with Crippen molar-refractivity contribution in [3.63, 3.8) is 0 Å². The first-order valence-corrected chi connectivity index (χ1v) is 7.37. The van der Waals surface area contributed by atoms with Crippen molar-refractivity contribution >= 4 is 18.4 Å². The molecule has 0 spiro atoms. The van der Waals surface area contributed by atoms with Gasteiger partial charge in [0.25, 0.3) is 0 Å². The molecule has 6 heteroatoms. The number of ether oxygens (including phenoxy) is 1. The maximum absolute atomic E-state index is 10.9. The molecule has 0 radical (unpaired) electrons. The Balaban J connectivity index is 1.76. The summed E-state index contributed by atoms with van der Waals surface area (Å²) in [7, 11) is -0.931. The maximum Gasteiger partial charge on any atom is 0.491 e. The van der Waals surface area contributed by atoms with Crippen molar-refractivity contribution in [3.8, 4) is 5.75 Å². The normalized spacial score (nSPS) is 14.5. The van der Waals surface area contributed by atoms with Gasteiger partial charge in [0, 0.05) is 0 Å². The van der Waals surface area contributed by atoms with E-state index >= 15 is 0 Å². The lowest BCUT2D eigenvalue weighted by molar-refractivity contribution is -0.118. The monoisotopic (exact) mass is 312 g/mol. The third kappa shape index (κ3) is 3.45. The van der Waals surface area contributed by atoms with Crippen LogP contribution in [0.4, 0.5) is 0 Å². The summed E-state index contributed by atoms with van der Waals surface area (Å²) >= 11 is 0. The number of carbonyl (C=O) groups is 1. The Morgan fingerprint density at radius 2 is 1.96 bits per heavy atom. The Morgan fingerprint density at radius 3 is 2.65 bits per heavy atom. The molecule has 0 aromatic heterocycles. The van der Waals surface area contributed by atoms with Crippen LogP contribution in [0.2, 0.25) is 0 Å². The third-order valence-corrected chi connectivity index (χ3v) is 3.79. The molecule has 1 atom stereocenters. The number of benzene rings is 2. The molecule has 0 aliphatic carbocycles. The SMILES string of the molecule is CC(=O)COc1ccc(C(O)c2ccc3c(c2)B(O)OC3)cc1. The van der Waals surface area contributed by atoms with Gasteiger partial charge in [-0.2, -0.15) is 0 Å². The third-order valence-electron chi connectivity index (χ3n) is 3.79. The van der Waals surface area contributed by atoms with Gasteiger partial charge in [0.2, 0.25) is 0 Å². The van der Waals surface area contributed by atoms with E-state index in [0.717, 1.165) is 5.56 Å². The molecular formula is C17H17BO5. The predicted octanol–water partition coefficient (Wildman–Crippen LogP) is 0.954. The summed E-state index contributed by atoms with van der Waals surface area (Å²) in [5, 5.41) is 20.3. The van der Waals surface area contributed by atoms with Gasteiger partial charge in [0.15, 0.2) is 5.78 Å². The molecular weight excluding hydrogens is 295 g/mol. The molecule has 0 saturated carbocycles. The molecule has 0 bridgehead atoms. The zero-order valence-electron chi connectivity index (χ0n) is 12.7. The van der Waals surface area contributed by atoms with E-state index in [1.807, 2.05) is 12.1 Å². The van der Waals surface area contributed by atoms with Crippen molar-refractivity contribution in [1.82, 2.24) is 0 Å². The van der Waals surface area contributed by atoms with Gasteiger partial charge in [-0.25, -0.2) is 0 Å². The number of aliphatic hydroxyl groups excluding tert-OH is 1. The smallest absolute Gasteiger partial charge is 0.486 e. The first kappa shape index (κ1) is 15.7. The second-order valence-electron chi connectivity index (χ2n) is 5.58. The number of Topliss-reactive ketones (excluding diaryl/α,β-unsaturated/α-hetero) is 1. The fourth-order valence-electron chi connectivity index (χ4n) is 2.53. The topological polar surface area (TPSA) is 76.0 Å². The Kier molecular flexibility index (Phi) is 4.47. The molecule has 3 rings (SSSR count). The number of carbonyl (C=O) groups excluding carboxylic acids is 1. The minimum Gasteiger partial charge on any atom is -0.486 e. The molecule has 0 fully saturated rings. The van der Waals surface area contributed by atoms with Gasteiger partial charge in [-0.05, 0) is 41.2 Å². The quantitative estimate of drug-likeness (QED) is 0.804. The van der Waals surface area contributed by atoms with E-state index in [9.17, 15) is 14.9 Å². The summed E-state index contributed by atoms with van der Waals surface area (Å²) < 4.78 is 10.5. The van der Waals surface area contributed by atoms with Gasteiger partial charge in [0.05, 0.1) is 6.61 Å². The molecule has 1 heterocycles. The Hall–Kier alpha value is -2.15. The van der Waals surface area contributed by atoms with Gasteiger partial charge >= 0.3 is 7.12 Å². The molecule has 1 unspecified atom stereocenters. The molecule has 0 amide bonds. The zero-order valence-corrected chi connectivity index (χ0v) is 12.7. The average Bonchev–Trinajstić information content (AvgIpc) is 2.93. The lowest BCUT2D eigenvalue weighted by Crippen LogP contribution is -2.28. The second kappa shape index (κ2) is 6.54. The highest BCUT2D eigenvalue weighted by atomic mass is 16.5. The first-order chi connectivity index (χ1) is 11.0. The number of rotatable bonds is 5. The van der Waals surface area contributed by atoms with Crippen molar-refractivity contribution in [2.75, 3.05) is 6.61 Å². The van der Waals surface area contributed by atoms with Gasteiger partial charge in [-0.3, -0.25) is 4.79 Å².